The topological polar surface area (TPSA) is 26.0 Å². The summed E-state index contributed by atoms with van der Waals surface area (Å²) in [6, 6.07) is 8.01. The van der Waals surface area contributed by atoms with E-state index in [1.807, 2.05) is 6.92 Å². The third-order valence-corrected chi connectivity index (χ3v) is 2.76. The zero-order valence-corrected chi connectivity index (χ0v) is 11.0. The Hall–Kier alpha value is -1.52. The second kappa shape index (κ2) is 6.08. The monoisotopic (exact) mass is 287 g/mol. The molecule has 19 heavy (non-hydrogen) atoms. The second-order valence-electron chi connectivity index (χ2n) is 4.16. The van der Waals surface area contributed by atoms with Crippen molar-refractivity contribution in [1.82, 2.24) is 0 Å². The maximum atomic E-state index is 13.5. The summed E-state index contributed by atoms with van der Waals surface area (Å²) >= 11 is 0. The molecule has 0 saturated carbocycles. The molecule has 0 saturated heterocycles. The van der Waals surface area contributed by atoms with Gasteiger partial charge >= 0.3 is 0 Å². The predicted octanol–water partition coefficient (Wildman–Crippen LogP) is 4.21. The Bertz CT molecular complexity index is 568. The Kier molecular flexibility index (Phi) is 4.97. The Labute approximate surface area is 115 Å². The molecule has 2 aromatic carbocycles. The molecule has 2 N–H and O–H groups in total. The molecule has 0 aliphatic carbocycles. The molecule has 2 rings (SSSR count). The minimum atomic E-state index is -1.19. The minimum absolute atomic E-state index is 0. The highest BCUT2D eigenvalue weighted by Crippen LogP contribution is 2.26. The third-order valence-electron chi connectivity index (χ3n) is 2.76. The molecular formula is C14H13ClF3N. The number of benzene rings is 2. The molecule has 0 amide bonds. The summed E-state index contributed by atoms with van der Waals surface area (Å²) in [5, 5.41) is 0. The van der Waals surface area contributed by atoms with E-state index in [1.165, 1.54) is 0 Å². The van der Waals surface area contributed by atoms with Gasteiger partial charge in [0, 0.05) is 17.7 Å². The fourth-order valence-corrected chi connectivity index (χ4v) is 1.71. The molecule has 0 radical (unpaired) electrons. The highest BCUT2D eigenvalue weighted by Gasteiger charge is 2.11. The number of halogens is 4. The molecule has 2 aromatic rings. The van der Waals surface area contributed by atoms with Gasteiger partial charge in [0.25, 0.3) is 0 Å². The van der Waals surface area contributed by atoms with E-state index >= 15 is 0 Å². The molecule has 0 bridgehead atoms. The van der Waals surface area contributed by atoms with Crippen molar-refractivity contribution < 1.29 is 13.2 Å². The lowest BCUT2D eigenvalue weighted by molar-refractivity contribution is 0.496. The fourth-order valence-electron chi connectivity index (χ4n) is 1.71. The Morgan fingerprint density at radius 1 is 0.895 bits per heavy atom. The van der Waals surface area contributed by atoms with Gasteiger partial charge in [0.1, 0.15) is 5.82 Å². The van der Waals surface area contributed by atoms with Crippen LogP contribution in [-0.4, -0.2) is 0 Å². The normalized spacial score (nSPS) is 11.8. The van der Waals surface area contributed by atoms with Gasteiger partial charge in [0.15, 0.2) is 11.6 Å². The van der Waals surface area contributed by atoms with Crippen LogP contribution in [0.5, 0.6) is 0 Å². The molecule has 0 spiro atoms. The molecule has 5 heteroatoms. The third kappa shape index (κ3) is 3.28. The van der Waals surface area contributed by atoms with Crippen LogP contribution >= 0.6 is 12.4 Å². The molecular weight excluding hydrogens is 275 g/mol. The summed E-state index contributed by atoms with van der Waals surface area (Å²) in [4.78, 5) is 0. The van der Waals surface area contributed by atoms with Crippen LogP contribution in [-0.2, 0) is 0 Å². The van der Waals surface area contributed by atoms with Crippen LogP contribution in [0.4, 0.5) is 13.2 Å². The molecule has 102 valence electrons. The van der Waals surface area contributed by atoms with E-state index in [9.17, 15) is 13.2 Å². The molecule has 0 heterocycles. The maximum Gasteiger partial charge on any atom is 0.161 e. The van der Waals surface area contributed by atoms with Crippen LogP contribution in [0, 0.1) is 17.5 Å². The van der Waals surface area contributed by atoms with Crippen LogP contribution in [0.2, 0.25) is 0 Å². The van der Waals surface area contributed by atoms with Crippen molar-refractivity contribution in [3.8, 4) is 11.1 Å². The lowest BCUT2D eigenvalue weighted by atomic mass is 10.0. The SMILES string of the molecule is CC(N)c1ccc(-c2cc(F)c(F)cc2F)cc1.Cl. The highest BCUT2D eigenvalue weighted by atomic mass is 35.5. The summed E-state index contributed by atoms with van der Waals surface area (Å²) in [5.74, 6) is -3.05. The summed E-state index contributed by atoms with van der Waals surface area (Å²) in [5.41, 5.74) is 7.10. The van der Waals surface area contributed by atoms with E-state index in [4.69, 9.17) is 5.73 Å². The average Bonchev–Trinajstić information content (AvgIpc) is 2.34. The van der Waals surface area contributed by atoms with Crippen molar-refractivity contribution in [2.45, 2.75) is 13.0 Å². The van der Waals surface area contributed by atoms with Crippen molar-refractivity contribution in [2.24, 2.45) is 5.73 Å². The summed E-state index contributed by atoms with van der Waals surface area (Å²) in [6.45, 7) is 1.83. The fraction of sp³-hybridized carbons (Fsp3) is 0.143. The van der Waals surface area contributed by atoms with Crippen LogP contribution in [0.3, 0.4) is 0 Å². The van der Waals surface area contributed by atoms with Gasteiger partial charge in [-0.1, -0.05) is 24.3 Å². The number of hydrogen-bond donors (Lipinski definition) is 1. The van der Waals surface area contributed by atoms with E-state index in [0.717, 1.165) is 11.6 Å². The van der Waals surface area contributed by atoms with E-state index < -0.39 is 17.5 Å². The second-order valence-corrected chi connectivity index (χ2v) is 4.16. The first-order chi connectivity index (χ1) is 8.49. The van der Waals surface area contributed by atoms with Crippen molar-refractivity contribution in [3.05, 3.63) is 59.4 Å². The van der Waals surface area contributed by atoms with Crippen molar-refractivity contribution in [1.29, 1.82) is 0 Å². The Morgan fingerprint density at radius 2 is 1.42 bits per heavy atom. The van der Waals surface area contributed by atoms with Crippen LogP contribution < -0.4 is 5.73 Å². The van der Waals surface area contributed by atoms with Crippen molar-refractivity contribution in [3.63, 3.8) is 0 Å². The summed E-state index contributed by atoms with van der Waals surface area (Å²) in [7, 11) is 0. The molecule has 1 nitrogen and oxygen atoms in total. The highest BCUT2D eigenvalue weighted by molar-refractivity contribution is 5.85. The van der Waals surface area contributed by atoms with Gasteiger partial charge in [0.2, 0.25) is 0 Å². The van der Waals surface area contributed by atoms with E-state index in [2.05, 4.69) is 0 Å². The first-order valence-corrected chi connectivity index (χ1v) is 5.49. The molecule has 0 aromatic heterocycles. The van der Waals surface area contributed by atoms with Crippen molar-refractivity contribution >= 4 is 12.4 Å². The summed E-state index contributed by atoms with van der Waals surface area (Å²) in [6.07, 6.45) is 0. The Balaban J connectivity index is 0.00000180. The van der Waals surface area contributed by atoms with Crippen molar-refractivity contribution in [2.75, 3.05) is 0 Å². The van der Waals surface area contributed by atoms with E-state index in [0.29, 0.717) is 11.6 Å². The average molecular weight is 288 g/mol. The van der Waals surface area contributed by atoms with Gasteiger partial charge in [-0.25, -0.2) is 13.2 Å². The molecule has 0 fully saturated rings. The zero-order valence-electron chi connectivity index (χ0n) is 10.2. The van der Waals surface area contributed by atoms with Gasteiger partial charge in [-0.05, 0) is 24.1 Å². The number of hydrogen-bond acceptors (Lipinski definition) is 1. The van der Waals surface area contributed by atoms with Crippen LogP contribution in [0.15, 0.2) is 36.4 Å². The van der Waals surface area contributed by atoms with Gasteiger partial charge in [-0.3, -0.25) is 0 Å². The van der Waals surface area contributed by atoms with E-state index in [-0.39, 0.29) is 24.0 Å². The predicted molar refractivity (Wildman–Crippen MR) is 71.6 cm³/mol. The van der Waals surface area contributed by atoms with Gasteiger partial charge in [-0.15, -0.1) is 12.4 Å². The van der Waals surface area contributed by atoms with Crippen LogP contribution in [0.25, 0.3) is 11.1 Å². The first-order valence-electron chi connectivity index (χ1n) is 5.49. The lowest BCUT2D eigenvalue weighted by Gasteiger charge is -2.08. The quantitative estimate of drug-likeness (QED) is 0.823. The molecule has 0 aliphatic rings. The van der Waals surface area contributed by atoms with Crippen LogP contribution in [0.1, 0.15) is 18.5 Å². The smallest absolute Gasteiger partial charge is 0.161 e. The molecule has 1 unspecified atom stereocenters. The van der Waals surface area contributed by atoms with Gasteiger partial charge in [-0.2, -0.15) is 0 Å². The number of rotatable bonds is 2. The standard InChI is InChI=1S/C14H12F3N.ClH/c1-8(18)9-2-4-10(5-3-9)11-6-13(16)14(17)7-12(11)15;/h2-8H,18H2,1H3;1H. The number of nitrogens with two attached hydrogens (primary N) is 1. The lowest BCUT2D eigenvalue weighted by Crippen LogP contribution is -2.04. The van der Waals surface area contributed by atoms with E-state index in [1.54, 1.807) is 24.3 Å². The Morgan fingerprint density at radius 3 is 1.95 bits per heavy atom. The zero-order chi connectivity index (χ0) is 13.3. The largest absolute Gasteiger partial charge is 0.324 e. The van der Waals surface area contributed by atoms with Gasteiger partial charge < -0.3 is 5.73 Å². The maximum absolute atomic E-state index is 13.5. The van der Waals surface area contributed by atoms with Gasteiger partial charge in [0.05, 0.1) is 0 Å². The minimum Gasteiger partial charge on any atom is -0.324 e. The molecule has 1 atom stereocenters. The first kappa shape index (κ1) is 15.5. The molecule has 0 aliphatic heterocycles. The summed E-state index contributed by atoms with van der Waals surface area (Å²) < 4.78 is 39.4.